The fraction of sp³-hybridized carbons (Fsp3) is 0.105. The number of rotatable bonds is 4. The number of aryl methyl sites for hydroxylation is 1. The molecule has 0 aliphatic carbocycles. The number of carbonyl (C=O) groups excluding carboxylic acids is 1. The molecule has 0 spiro atoms. The molecule has 0 fully saturated rings. The van der Waals surface area contributed by atoms with Gasteiger partial charge in [0.2, 0.25) is 0 Å². The molecule has 1 aromatic heterocycles. The van der Waals surface area contributed by atoms with Crippen LogP contribution in [0.25, 0.3) is 11.3 Å². The van der Waals surface area contributed by atoms with Gasteiger partial charge in [0.05, 0.1) is 5.56 Å². The Bertz CT molecular complexity index is 839. The highest BCUT2D eigenvalue weighted by Gasteiger charge is 2.15. The van der Waals surface area contributed by atoms with Crippen molar-refractivity contribution in [2.45, 2.75) is 13.3 Å². The number of carbonyl (C=O) groups is 1. The summed E-state index contributed by atoms with van der Waals surface area (Å²) in [6, 6.07) is 17.0. The minimum atomic E-state index is -0.384. The third kappa shape index (κ3) is 3.16. The average molecular weight is 309 g/mol. The second kappa shape index (κ2) is 6.48. The van der Waals surface area contributed by atoms with Crippen LogP contribution in [0.3, 0.4) is 0 Å². The summed E-state index contributed by atoms with van der Waals surface area (Å²) in [5, 5.41) is 2.83. The third-order valence-electron chi connectivity index (χ3n) is 3.62. The first-order chi connectivity index (χ1) is 11.2. The molecular formula is C19H16FNO2. The van der Waals surface area contributed by atoms with E-state index in [4.69, 9.17) is 4.42 Å². The van der Waals surface area contributed by atoms with E-state index in [1.54, 1.807) is 30.3 Å². The molecule has 3 nitrogen and oxygen atoms in total. The molecule has 23 heavy (non-hydrogen) atoms. The van der Waals surface area contributed by atoms with Gasteiger partial charge in [-0.3, -0.25) is 4.79 Å². The molecule has 1 heterocycles. The van der Waals surface area contributed by atoms with Gasteiger partial charge in [-0.25, -0.2) is 4.39 Å². The highest BCUT2D eigenvalue weighted by Crippen LogP contribution is 2.25. The first-order valence-corrected chi connectivity index (χ1v) is 7.43. The van der Waals surface area contributed by atoms with Gasteiger partial charge in [0.1, 0.15) is 11.6 Å². The zero-order valence-electron chi connectivity index (χ0n) is 12.7. The van der Waals surface area contributed by atoms with Crippen molar-refractivity contribution in [3.8, 4) is 11.3 Å². The Labute approximate surface area is 133 Å². The van der Waals surface area contributed by atoms with E-state index in [9.17, 15) is 9.18 Å². The molecule has 1 N–H and O–H groups in total. The minimum Gasteiger partial charge on any atom is -0.451 e. The summed E-state index contributed by atoms with van der Waals surface area (Å²) < 4.78 is 19.3. The van der Waals surface area contributed by atoms with E-state index in [1.165, 1.54) is 6.07 Å². The van der Waals surface area contributed by atoms with E-state index in [0.717, 1.165) is 17.7 Å². The number of hydrogen-bond donors (Lipinski definition) is 1. The van der Waals surface area contributed by atoms with Crippen LogP contribution in [0.4, 0.5) is 10.1 Å². The molecule has 3 rings (SSSR count). The van der Waals surface area contributed by atoms with Crippen molar-refractivity contribution in [1.29, 1.82) is 0 Å². The third-order valence-corrected chi connectivity index (χ3v) is 3.62. The Hall–Kier alpha value is -2.88. The molecule has 116 valence electrons. The van der Waals surface area contributed by atoms with Gasteiger partial charge in [-0.2, -0.15) is 0 Å². The fourth-order valence-electron chi connectivity index (χ4n) is 2.40. The average Bonchev–Trinajstić information content (AvgIpc) is 3.05. The number of para-hydroxylation sites is 1. The molecule has 0 aliphatic rings. The second-order valence-corrected chi connectivity index (χ2v) is 5.11. The topological polar surface area (TPSA) is 42.2 Å². The summed E-state index contributed by atoms with van der Waals surface area (Å²) in [6.45, 7) is 2.02. The molecule has 3 aromatic rings. The molecule has 0 saturated carbocycles. The SMILES string of the molecule is CCc1ccccc1NC(=O)c1ccc(-c2ccccc2F)o1. The largest absolute Gasteiger partial charge is 0.451 e. The molecule has 0 aliphatic heterocycles. The first-order valence-electron chi connectivity index (χ1n) is 7.43. The monoisotopic (exact) mass is 309 g/mol. The zero-order chi connectivity index (χ0) is 16.2. The zero-order valence-corrected chi connectivity index (χ0v) is 12.7. The number of hydrogen-bond acceptors (Lipinski definition) is 2. The van der Waals surface area contributed by atoms with Crippen molar-refractivity contribution >= 4 is 11.6 Å². The number of furan rings is 1. The van der Waals surface area contributed by atoms with Crippen LogP contribution in [-0.2, 0) is 6.42 Å². The predicted octanol–water partition coefficient (Wildman–Crippen LogP) is 4.90. The summed E-state index contributed by atoms with van der Waals surface area (Å²) >= 11 is 0. The van der Waals surface area contributed by atoms with E-state index in [-0.39, 0.29) is 17.5 Å². The molecule has 1 amide bonds. The standard InChI is InChI=1S/C19H16FNO2/c1-2-13-7-3-6-10-16(13)21-19(22)18-12-11-17(23-18)14-8-4-5-9-15(14)20/h3-12H,2H2,1H3,(H,21,22). The summed E-state index contributed by atoms with van der Waals surface area (Å²) in [7, 11) is 0. The quantitative estimate of drug-likeness (QED) is 0.744. The highest BCUT2D eigenvalue weighted by molar-refractivity contribution is 6.03. The van der Waals surface area contributed by atoms with Gasteiger partial charge in [0.25, 0.3) is 5.91 Å². The maximum atomic E-state index is 13.8. The van der Waals surface area contributed by atoms with Gasteiger partial charge in [0, 0.05) is 5.69 Å². The van der Waals surface area contributed by atoms with Crippen molar-refractivity contribution in [1.82, 2.24) is 0 Å². The smallest absolute Gasteiger partial charge is 0.291 e. The summed E-state index contributed by atoms with van der Waals surface area (Å²) in [5.74, 6) is -0.259. The van der Waals surface area contributed by atoms with E-state index in [0.29, 0.717) is 11.3 Å². The van der Waals surface area contributed by atoms with E-state index in [2.05, 4.69) is 5.32 Å². The molecule has 0 saturated heterocycles. The maximum absolute atomic E-state index is 13.8. The second-order valence-electron chi connectivity index (χ2n) is 5.11. The van der Waals surface area contributed by atoms with Crippen LogP contribution in [0.15, 0.2) is 65.1 Å². The highest BCUT2D eigenvalue weighted by atomic mass is 19.1. The lowest BCUT2D eigenvalue weighted by Crippen LogP contribution is -2.12. The number of nitrogens with one attached hydrogen (secondary N) is 1. The van der Waals surface area contributed by atoms with E-state index < -0.39 is 0 Å². The molecule has 0 unspecified atom stereocenters. The summed E-state index contributed by atoms with van der Waals surface area (Å²) in [5.41, 5.74) is 2.13. The summed E-state index contributed by atoms with van der Waals surface area (Å²) in [6.07, 6.45) is 0.815. The molecule has 0 radical (unpaired) electrons. The van der Waals surface area contributed by atoms with Crippen molar-refractivity contribution in [3.05, 3.63) is 77.8 Å². The Morgan fingerprint density at radius 2 is 1.78 bits per heavy atom. The van der Waals surface area contributed by atoms with Crippen LogP contribution >= 0.6 is 0 Å². The van der Waals surface area contributed by atoms with Crippen LogP contribution in [0.5, 0.6) is 0 Å². The molecule has 4 heteroatoms. The van der Waals surface area contributed by atoms with E-state index >= 15 is 0 Å². The van der Waals surface area contributed by atoms with Crippen LogP contribution in [0.1, 0.15) is 23.0 Å². The molecule has 2 aromatic carbocycles. The van der Waals surface area contributed by atoms with Gasteiger partial charge in [0.15, 0.2) is 5.76 Å². The van der Waals surface area contributed by atoms with Gasteiger partial charge in [-0.05, 0) is 42.3 Å². The lowest BCUT2D eigenvalue weighted by atomic mass is 10.1. The van der Waals surface area contributed by atoms with Crippen molar-refractivity contribution in [2.24, 2.45) is 0 Å². The van der Waals surface area contributed by atoms with Gasteiger partial charge >= 0.3 is 0 Å². The Morgan fingerprint density at radius 1 is 1.04 bits per heavy atom. The lowest BCUT2D eigenvalue weighted by molar-refractivity contribution is 0.0997. The van der Waals surface area contributed by atoms with Crippen molar-refractivity contribution in [3.63, 3.8) is 0 Å². The molecule has 0 bridgehead atoms. The maximum Gasteiger partial charge on any atom is 0.291 e. The number of halogens is 1. The Balaban J connectivity index is 1.83. The van der Waals surface area contributed by atoms with Crippen LogP contribution < -0.4 is 5.32 Å². The predicted molar refractivity (Wildman–Crippen MR) is 87.9 cm³/mol. The molecular weight excluding hydrogens is 293 g/mol. The van der Waals surface area contributed by atoms with Crippen LogP contribution in [-0.4, -0.2) is 5.91 Å². The fourth-order valence-corrected chi connectivity index (χ4v) is 2.40. The Morgan fingerprint density at radius 3 is 2.57 bits per heavy atom. The van der Waals surface area contributed by atoms with E-state index in [1.807, 2.05) is 31.2 Å². The van der Waals surface area contributed by atoms with Gasteiger partial charge in [-0.1, -0.05) is 37.3 Å². The summed E-state index contributed by atoms with van der Waals surface area (Å²) in [4.78, 5) is 12.3. The minimum absolute atomic E-state index is 0.147. The Kier molecular flexibility index (Phi) is 4.24. The van der Waals surface area contributed by atoms with Gasteiger partial charge in [-0.15, -0.1) is 0 Å². The van der Waals surface area contributed by atoms with Gasteiger partial charge < -0.3 is 9.73 Å². The normalized spacial score (nSPS) is 10.5. The van der Waals surface area contributed by atoms with Crippen LogP contribution in [0.2, 0.25) is 0 Å². The molecule has 0 atom stereocenters. The van der Waals surface area contributed by atoms with Crippen molar-refractivity contribution in [2.75, 3.05) is 5.32 Å². The van der Waals surface area contributed by atoms with Crippen LogP contribution in [0, 0.1) is 5.82 Å². The number of benzene rings is 2. The lowest BCUT2D eigenvalue weighted by Gasteiger charge is -2.08. The first kappa shape index (κ1) is 15.0. The van der Waals surface area contributed by atoms with Crippen molar-refractivity contribution < 1.29 is 13.6 Å². The number of anilines is 1. The number of amides is 1.